The molecule has 1 aromatic carbocycles. The standard InChI is InChI=1S/C18H28FN3O2/c1-3-4-16(22-11-9-20-10-12-22)18(23)21-13-17(24-2)14-5-7-15(19)8-6-14/h5-8,16-17,20H,3-4,9-13H2,1-2H3,(H,21,23)/t16-,17-/m0/s1. The molecule has 5 nitrogen and oxygen atoms in total. The number of hydrogen-bond donors (Lipinski definition) is 2. The lowest BCUT2D eigenvalue weighted by molar-refractivity contribution is -0.127. The van der Waals surface area contributed by atoms with Crippen LogP contribution in [-0.2, 0) is 9.53 Å². The molecular weight excluding hydrogens is 309 g/mol. The predicted molar refractivity (Wildman–Crippen MR) is 92.3 cm³/mol. The molecule has 0 saturated carbocycles. The highest BCUT2D eigenvalue weighted by Gasteiger charge is 2.26. The molecule has 2 rings (SSSR count). The molecule has 1 aliphatic rings. The zero-order chi connectivity index (χ0) is 17.4. The third-order valence-corrected chi connectivity index (χ3v) is 4.45. The predicted octanol–water partition coefficient (Wildman–Crippen LogP) is 1.70. The van der Waals surface area contributed by atoms with Crippen molar-refractivity contribution in [2.75, 3.05) is 39.8 Å². The Hall–Kier alpha value is -1.50. The van der Waals surface area contributed by atoms with Gasteiger partial charge in [0, 0.05) is 39.8 Å². The van der Waals surface area contributed by atoms with Crippen LogP contribution in [0.25, 0.3) is 0 Å². The van der Waals surface area contributed by atoms with E-state index in [0.29, 0.717) is 6.54 Å². The van der Waals surface area contributed by atoms with Gasteiger partial charge in [0.05, 0.1) is 12.1 Å². The second kappa shape index (κ2) is 9.71. The first-order valence-electron chi connectivity index (χ1n) is 8.66. The molecule has 6 heteroatoms. The maximum Gasteiger partial charge on any atom is 0.237 e. The largest absolute Gasteiger partial charge is 0.375 e. The summed E-state index contributed by atoms with van der Waals surface area (Å²) in [5.74, 6) is -0.234. The topological polar surface area (TPSA) is 53.6 Å². The Kier molecular flexibility index (Phi) is 7.62. The second-order valence-electron chi connectivity index (χ2n) is 6.11. The molecule has 0 spiro atoms. The summed E-state index contributed by atoms with van der Waals surface area (Å²) in [6.45, 7) is 6.10. The summed E-state index contributed by atoms with van der Waals surface area (Å²) in [7, 11) is 1.60. The molecule has 1 amide bonds. The van der Waals surface area contributed by atoms with Crippen LogP contribution in [-0.4, -0.2) is 56.7 Å². The van der Waals surface area contributed by atoms with Crippen LogP contribution in [0.5, 0.6) is 0 Å². The number of rotatable bonds is 8. The van der Waals surface area contributed by atoms with Gasteiger partial charge in [-0.15, -0.1) is 0 Å². The molecule has 1 fully saturated rings. The number of ether oxygens (including phenoxy) is 1. The summed E-state index contributed by atoms with van der Waals surface area (Å²) in [5, 5.41) is 6.32. The Morgan fingerprint density at radius 2 is 2.00 bits per heavy atom. The van der Waals surface area contributed by atoms with E-state index < -0.39 is 0 Å². The van der Waals surface area contributed by atoms with Gasteiger partial charge >= 0.3 is 0 Å². The third kappa shape index (κ3) is 5.26. The van der Waals surface area contributed by atoms with Gasteiger partial charge < -0.3 is 15.4 Å². The zero-order valence-corrected chi connectivity index (χ0v) is 14.6. The van der Waals surface area contributed by atoms with Crippen LogP contribution in [0.3, 0.4) is 0 Å². The SMILES string of the molecule is CCC[C@@H](C(=O)NC[C@H](OC)c1ccc(F)cc1)N1CCNCC1. The highest BCUT2D eigenvalue weighted by Crippen LogP contribution is 2.17. The van der Waals surface area contributed by atoms with Gasteiger partial charge in [-0.05, 0) is 24.1 Å². The molecule has 0 aromatic heterocycles. The molecule has 134 valence electrons. The number of halogens is 1. The number of amides is 1. The molecule has 0 unspecified atom stereocenters. The molecule has 1 saturated heterocycles. The van der Waals surface area contributed by atoms with Crippen molar-refractivity contribution in [2.45, 2.75) is 31.9 Å². The van der Waals surface area contributed by atoms with Gasteiger partial charge in [0.2, 0.25) is 5.91 Å². The fourth-order valence-electron chi connectivity index (χ4n) is 3.07. The Morgan fingerprint density at radius 1 is 1.33 bits per heavy atom. The van der Waals surface area contributed by atoms with Crippen LogP contribution in [0.15, 0.2) is 24.3 Å². The molecule has 1 aliphatic heterocycles. The third-order valence-electron chi connectivity index (χ3n) is 4.45. The number of nitrogens with zero attached hydrogens (tertiary/aromatic N) is 1. The van der Waals surface area contributed by atoms with E-state index in [9.17, 15) is 9.18 Å². The molecule has 24 heavy (non-hydrogen) atoms. The minimum absolute atomic E-state index is 0.0444. The molecule has 2 N–H and O–H groups in total. The fraction of sp³-hybridized carbons (Fsp3) is 0.611. The second-order valence-corrected chi connectivity index (χ2v) is 6.11. The lowest BCUT2D eigenvalue weighted by atomic mass is 10.1. The van der Waals surface area contributed by atoms with Gasteiger partial charge in [0.25, 0.3) is 0 Å². The number of carbonyl (C=O) groups excluding carboxylic acids is 1. The number of nitrogens with one attached hydrogen (secondary N) is 2. The minimum atomic E-state index is -0.278. The number of methoxy groups -OCH3 is 1. The number of carbonyl (C=O) groups is 1. The monoisotopic (exact) mass is 337 g/mol. The maximum atomic E-state index is 13.0. The van der Waals surface area contributed by atoms with Gasteiger partial charge in [-0.25, -0.2) is 4.39 Å². The first-order valence-corrected chi connectivity index (χ1v) is 8.66. The molecule has 0 radical (unpaired) electrons. The first kappa shape index (κ1) is 18.8. The van der Waals surface area contributed by atoms with Crippen molar-refractivity contribution in [3.8, 4) is 0 Å². The number of piperazine rings is 1. The summed E-state index contributed by atoms with van der Waals surface area (Å²) in [5.41, 5.74) is 0.855. The van der Waals surface area contributed by atoms with Crippen molar-refractivity contribution in [1.82, 2.24) is 15.5 Å². The van der Waals surface area contributed by atoms with Crippen LogP contribution in [0.4, 0.5) is 4.39 Å². The quantitative estimate of drug-likeness (QED) is 0.758. The van der Waals surface area contributed by atoms with Gasteiger partial charge in [-0.3, -0.25) is 9.69 Å². The van der Waals surface area contributed by atoms with E-state index in [2.05, 4.69) is 22.5 Å². The normalized spacial score (nSPS) is 18.1. The summed E-state index contributed by atoms with van der Waals surface area (Å²) >= 11 is 0. The minimum Gasteiger partial charge on any atom is -0.375 e. The van der Waals surface area contributed by atoms with E-state index in [4.69, 9.17) is 4.74 Å². The van der Waals surface area contributed by atoms with Gasteiger partial charge in [-0.1, -0.05) is 25.5 Å². The molecule has 1 heterocycles. The van der Waals surface area contributed by atoms with Crippen molar-refractivity contribution < 1.29 is 13.9 Å². The Morgan fingerprint density at radius 3 is 2.58 bits per heavy atom. The van der Waals surface area contributed by atoms with Crippen LogP contribution < -0.4 is 10.6 Å². The Labute approximate surface area is 143 Å². The fourth-order valence-corrected chi connectivity index (χ4v) is 3.07. The maximum absolute atomic E-state index is 13.0. The van der Waals surface area contributed by atoms with Crippen molar-refractivity contribution in [3.05, 3.63) is 35.6 Å². The van der Waals surface area contributed by atoms with Crippen LogP contribution in [0.2, 0.25) is 0 Å². The molecule has 0 aliphatic carbocycles. The lowest BCUT2D eigenvalue weighted by Gasteiger charge is -2.34. The summed E-state index contributed by atoms with van der Waals surface area (Å²) in [4.78, 5) is 14.9. The first-order chi connectivity index (χ1) is 11.7. The zero-order valence-electron chi connectivity index (χ0n) is 14.6. The number of hydrogen-bond acceptors (Lipinski definition) is 4. The summed E-state index contributed by atoms with van der Waals surface area (Å²) < 4.78 is 18.5. The highest BCUT2D eigenvalue weighted by molar-refractivity contribution is 5.81. The molecular formula is C18H28FN3O2. The van der Waals surface area contributed by atoms with Crippen molar-refractivity contribution >= 4 is 5.91 Å². The van der Waals surface area contributed by atoms with Crippen molar-refractivity contribution in [1.29, 1.82) is 0 Å². The van der Waals surface area contributed by atoms with E-state index in [1.165, 1.54) is 12.1 Å². The van der Waals surface area contributed by atoms with Crippen LogP contribution in [0.1, 0.15) is 31.4 Å². The van der Waals surface area contributed by atoms with E-state index in [1.54, 1.807) is 19.2 Å². The van der Waals surface area contributed by atoms with E-state index in [0.717, 1.165) is 44.6 Å². The number of benzene rings is 1. The average molecular weight is 337 g/mol. The summed E-state index contributed by atoms with van der Waals surface area (Å²) in [6, 6.07) is 6.10. The van der Waals surface area contributed by atoms with Crippen LogP contribution >= 0.6 is 0 Å². The van der Waals surface area contributed by atoms with Crippen LogP contribution in [0, 0.1) is 5.82 Å². The van der Waals surface area contributed by atoms with Gasteiger partial charge in [0.1, 0.15) is 5.82 Å². The Balaban J connectivity index is 1.93. The molecule has 0 bridgehead atoms. The Bertz CT molecular complexity index is 503. The van der Waals surface area contributed by atoms with Gasteiger partial charge in [0.15, 0.2) is 0 Å². The van der Waals surface area contributed by atoms with Crippen molar-refractivity contribution in [3.63, 3.8) is 0 Å². The molecule has 1 aromatic rings. The van der Waals surface area contributed by atoms with Crippen molar-refractivity contribution in [2.24, 2.45) is 0 Å². The molecule has 2 atom stereocenters. The average Bonchev–Trinajstić information content (AvgIpc) is 2.62. The van der Waals surface area contributed by atoms with E-state index in [-0.39, 0.29) is 23.9 Å². The van der Waals surface area contributed by atoms with E-state index >= 15 is 0 Å². The van der Waals surface area contributed by atoms with E-state index in [1.807, 2.05) is 0 Å². The smallest absolute Gasteiger partial charge is 0.237 e. The van der Waals surface area contributed by atoms with Gasteiger partial charge in [-0.2, -0.15) is 0 Å². The lowest BCUT2D eigenvalue weighted by Crippen LogP contribution is -2.54. The highest BCUT2D eigenvalue weighted by atomic mass is 19.1. The summed E-state index contributed by atoms with van der Waals surface area (Å²) in [6.07, 6.45) is 1.54.